The quantitative estimate of drug-likeness (QED) is 0.258. The van der Waals surface area contributed by atoms with E-state index in [0.717, 1.165) is 5.56 Å². The molecule has 0 aliphatic heterocycles. The van der Waals surface area contributed by atoms with Crippen LogP contribution in [0.25, 0.3) is 27.9 Å². The van der Waals surface area contributed by atoms with Gasteiger partial charge in [0.05, 0.1) is 28.4 Å². The zero-order valence-corrected chi connectivity index (χ0v) is 19.8. The average molecular weight is 501 g/mol. The van der Waals surface area contributed by atoms with Crippen LogP contribution in [0.15, 0.2) is 96.0 Å². The molecule has 3 aromatic carbocycles. The van der Waals surface area contributed by atoms with Crippen molar-refractivity contribution in [3.8, 4) is 34.2 Å². The van der Waals surface area contributed by atoms with Crippen molar-refractivity contribution in [3.63, 3.8) is 0 Å². The molecule has 0 fully saturated rings. The lowest BCUT2D eigenvalue weighted by molar-refractivity contribution is 0.489. The topological polar surface area (TPSA) is 71.6 Å². The van der Waals surface area contributed by atoms with Gasteiger partial charge in [-0.25, -0.2) is 8.78 Å². The van der Waals surface area contributed by atoms with Gasteiger partial charge in [0.2, 0.25) is 0 Å². The van der Waals surface area contributed by atoms with Gasteiger partial charge in [-0.15, -0.1) is 0 Å². The van der Waals surface area contributed by atoms with Gasteiger partial charge >= 0.3 is 10.1 Å². The Hall–Kier alpha value is -4.48. The van der Waals surface area contributed by atoms with Crippen molar-refractivity contribution in [1.82, 2.24) is 4.40 Å². The fraction of sp³-hybridized carbons (Fsp3) is 0.0357. The van der Waals surface area contributed by atoms with Crippen LogP contribution < -0.4 is 4.18 Å². The van der Waals surface area contributed by atoms with Gasteiger partial charge in [0.1, 0.15) is 16.5 Å². The molecule has 0 bridgehead atoms. The Morgan fingerprint density at radius 1 is 0.833 bits per heavy atom. The lowest BCUT2D eigenvalue weighted by Gasteiger charge is -2.11. The van der Waals surface area contributed by atoms with Gasteiger partial charge in [-0.3, -0.25) is 0 Å². The van der Waals surface area contributed by atoms with E-state index >= 15 is 0 Å². The molecule has 2 heterocycles. The second kappa shape index (κ2) is 8.95. The van der Waals surface area contributed by atoms with Gasteiger partial charge in [0.15, 0.2) is 5.75 Å². The number of pyridine rings is 1. The highest BCUT2D eigenvalue weighted by atomic mass is 32.2. The summed E-state index contributed by atoms with van der Waals surface area (Å²) in [6.45, 7) is 1.84. The smallest absolute Gasteiger partial charge is 0.339 e. The number of aromatic nitrogens is 1. The molecule has 0 aliphatic rings. The van der Waals surface area contributed by atoms with Gasteiger partial charge in [-0.05, 0) is 78.7 Å². The molecular formula is C28H18F2N2O3S. The van der Waals surface area contributed by atoms with Crippen molar-refractivity contribution < 1.29 is 21.4 Å². The number of fused-ring (bicyclic) bond motifs is 1. The number of halogens is 2. The molecule has 8 heteroatoms. The lowest BCUT2D eigenvalue weighted by Crippen LogP contribution is -2.10. The molecule has 0 N–H and O–H groups in total. The Morgan fingerprint density at radius 2 is 1.42 bits per heavy atom. The number of rotatable bonds is 5. The molecule has 5 aromatic rings. The van der Waals surface area contributed by atoms with E-state index in [1.807, 2.05) is 6.92 Å². The summed E-state index contributed by atoms with van der Waals surface area (Å²) in [4.78, 5) is -0.0442. The third-order valence-electron chi connectivity index (χ3n) is 5.77. The summed E-state index contributed by atoms with van der Waals surface area (Å²) in [7, 11) is -4.29. The Labute approximate surface area is 206 Å². The fourth-order valence-corrected chi connectivity index (χ4v) is 4.97. The molecule has 2 aromatic heterocycles. The molecule has 0 spiro atoms. The number of hydrogen-bond acceptors (Lipinski definition) is 4. The van der Waals surface area contributed by atoms with E-state index in [1.165, 1.54) is 54.6 Å². The normalized spacial score (nSPS) is 11.4. The summed E-state index contributed by atoms with van der Waals surface area (Å²) in [5, 5.41) is 9.49. The predicted molar refractivity (Wildman–Crippen MR) is 132 cm³/mol. The van der Waals surface area contributed by atoms with Crippen LogP contribution in [-0.2, 0) is 10.1 Å². The number of benzene rings is 3. The molecule has 0 saturated carbocycles. The number of hydrogen-bond donors (Lipinski definition) is 0. The highest BCUT2D eigenvalue weighted by molar-refractivity contribution is 7.87. The van der Waals surface area contributed by atoms with Gasteiger partial charge in [-0.1, -0.05) is 29.8 Å². The summed E-state index contributed by atoms with van der Waals surface area (Å²) in [5.41, 5.74) is 3.37. The van der Waals surface area contributed by atoms with Crippen LogP contribution in [0, 0.1) is 29.9 Å². The minimum atomic E-state index is -4.29. The highest BCUT2D eigenvalue weighted by Gasteiger charge is 2.27. The van der Waals surface area contributed by atoms with Crippen molar-refractivity contribution in [2.24, 2.45) is 0 Å². The highest BCUT2D eigenvalue weighted by Crippen LogP contribution is 2.45. The molecule has 0 amide bonds. The van der Waals surface area contributed by atoms with Gasteiger partial charge in [0.25, 0.3) is 0 Å². The SMILES string of the molecule is Cc1ccc(S(=O)(=O)Oc2c(-c3ccc(F)cc3)c(-c3ccc(F)cc3)n3ccc(C#N)cc23)cc1. The third-order valence-corrected chi connectivity index (χ3v) is 7.01. The molecule has 5 nitrogen and oxygen atoms in total. The number of nitriles is 1. The predicted octanol–water partition coefficient (Wildman–Crippen LogP) is 6.50. The molecule has 0 radical (unpaired) electrons. The molecule has 0 saturated heterocycles. The second-order valence-electron chi connectivity index (χ2n) is 8.20. The summed E-state index contributed by atoms with van der Waals surface area (Å²) < 4.78 is 61.6. The van der Waals surface area contributed by atoms with Crippen LogP contribution in [0.3, 0.4) is 0 Å². The van der Waals surface area contributed by atoms with E-state index in [9.17, 15) is 22.5 Å². The van der Waals surface area contributed by atoms with Crippen molar-refractivity contribution in [2.75, 3.05) is 0 Å². The minimum Gasteiger partial charge on any atom is -0.376 e. The molecular weight excluding hydrogens is 482 g/mol. The Balaban J connectivity index is 1.85. The first kappa shape index (κ1) is 23.3. The molecule has 0 atom stereocenters. The first-order valence-corrected chi connectivity index (χ1v) is 12.3. The molecule has 5 rings (SSSR count). The van der Waals surface area contributed by atoms with E-state index < -0.39 is 21.8 Å². The first-order chi connectivity index (χ1) is 17.3. The van der Waals surface area contributed by atoms with E-state index in [4.69, 9.17) is 4.18 Å². The summed E-state index contributed by atoms with van der Waals surface area (Å²) in [6, 6.07) is 22.6. The van der Waals surface area contributed by atoms with Crippen LogP contribution in [0.1, 0.15) is 11.1 Å². The van der Waals surface area contributed by atoms with Gasteiger partial charge < -0.3 is 8.58 Å². The van der Waals surface area contributed by atoms with E-state index in [0.29, 0.717) is 27.9 Å². The largest absolute Gasteiger partial charge is 0.376 e. The standard InChI is InChI=1S/C28H18F2N2O3S/c1-18-2-12-24(13-3-18)36(33,34)35-28-25-16-19(17-31)14-15-32(25)27(21-6-10-23(30)11-7-21)26(28)20-4-8-22(29)9-5-20/h2-16H,1H3. The average Bonchev–Trinajstić information content (AvgIpc) is 3.18. The Kier molecular flexibility index (Phi) is 5.78. The fourth-order valence-electron chi connectivity index (χ4n) is 4.02. The monoisotopic (exact) mass is 500 g/mol. The molecule has 36 heavy (non-hydrogen) atoms. The van der Waals surface area contributed by atoms with Crippen molar-refractivity contribution in [3.05, 3.63) is 114 Å². The van der Waals surface area contributed by atoms with Crippen molar-refractivity contribution >= 4 is 15.6 Å². The van der Waals surface area contributed by atoms with Crippen molar-refractivity contribution in [1.29, 1.82) is 5.26 Å². The summed E-state index contributed by atoms with van der Waals surface area (Å²) in [6.07, 6.45) is 1.62. The third kappa shape index (κ3) is 4.21. The minimum absolute atomic E-state index is 0.0291. The Bertz CT molecular complexity index is 1740. The summed E-state index contributed by atoms with van der Waals surface area (Å²) in [5.74, 6) is -0.931. The van der Waals surface area contributed by atoms with Crippen LogP contribution >= 0.6 is 0 Å². The molecule has 178 valence electrons. The first-order valence-electron chi connectivity index (χ1n) is 10.9. The maximum Gasteiger partial charge on any atom is 0.339 e. The van der Waals surface area contributed by atoms with E-state index in [1.54, 1.807) is 40.9 Å². The van der Waals surface area contributed by atoms with Crippen LogP contribution in [-0.4, -0.2) is 12.8 Å². The van der Waals surface area contributed by atoms with Gasteiger partial charge in [0, 0.05) is 6.20 Å². The van der Waals surface area contributed by atoms with Gasteiger partial charge in [-0.2, -0.15) is 13.7 Å². The lowest BCUT2D eigenvalue weighted by atomic mass is 10.0. The van der Waals surface area contributed by atoms with Crippen LogP contribution in [0.4, 0.5) is 8.78 Å². The van der Waals surface area contributed by atoms with Crippen molar-refractivity contribution in [2.45, 2.75) is 11.8 Å². The number of aryl methyl sites for hydroxylation is 1. The molecule has 0 aliphatic carbocycles. The zero-order valence-electron chi connectivity index (χ0n) is 18.9. The maximum atomic E-state index is 13.8. The number of nitrogens with zero attached hydrogens (tertiary/aromatic N) is 2. The maximum absolute atomic E-state index is 13.8. The van der Waals surface area contributed by atoms with E-state index in [2.05, 4.69) is 6.07 Å². The zero-order chi connectivity index (χ0) is 25.4. The van der Waals surface area contributed by atoms with E-state index in [-0.39, 0.29) is 16.2 Å². The Morgan fingerprint density at radius 3 is 2.00 bits per heavy atom. The molecule has 0 unspecified atom stereocenters. The van der Waals surface area contributed by atoms with Crippen LogP contribution in [0.2, 0.25) is 0 Å². The second-order valence-corrected chi connectivity index (χ2v) is 9.75. The summed E-state index contributed by atoms with van der Waals surface area (Å²) >= 11 is 0. The van der Waals surface area contributed by atoms with Crippen LogP contribution in [0.5, 0.6) is 5.75 Å².